The van der Waals surface area contributed by atoms with Crippen molar-refractivity contribution in [2.75, 3.05) is 26.3 Å². The molecule has 1 aliphatic carbocycles. The maximum Gasteiger partial charge on any atom is 0.294 e. The van der Waals surface area contributed by atoms with E-state index in [1.165, 1.54) is 0 Å². The Labute approximate surface area is 289 Å². The maximum absolute atomic E-state index is 14.0. The number of rotatable bonds is 13. The van der Waals surface area contributed by atoms with Crippen LogP contribution in [-0.2, 0) is 33.2 Å². The van der Waals surface area contributed by atoms with Crippen molar-refractivity contribution in [2.45, 2.75) is 135 Å². The molecule has 0 aromatic heterocycles. The van der Waals surface area contributed by atoms with Gasteiger partial charge in [-0.3, -0.25) is 4.79 Å². The number of ether oxygens (including phenoxy) is 6. The molecule has 1 amide bonds. The molecule has 0 spiro atoms. The molecule has 24 heteroatoms. The van der Waals surface area contributed by atoms with E-state index in [-0.39, 0.29) is 6.54 Å². The molecule has 1 saturated carbocycles. The Bertz CT molecular complexity index is 1140. The van der Waals surface area contributed by atoms with Crippen LogP contribution in [0, 0.1) is 0 Å². The second-order valence-electron chi connectivity index (χ2n) is 13.0. The smallest absolute Gasteiger partial charge is 0.294 e. The third-order valence-electron chi connectivity index (χ3n) is 9.52. The van der Waals surface area contributed by atoms with Gasteiger partial charge in [0.2, 0.25) is 0 Å². The van der Waals surface area contributed by atoms with E-state index >= 15 is 0 Å². The van der Waals surface area contributed by atoms with Crippen LogP contribution in [-0.4, -0.2) is 206 Å². The van der Waals surface area contributed by atoms with E-state index in [0.717, 1.165) is 0 Å². The number of alkyl halides is 2. The summed E-state index contributed by atoms with van der Waals surface area (Å²) >= 11 is 0. The van der Waals surface area contributed by atoms with Crippen LogP contribution >= 0.6 is 0 Å². The fourth-order valence-electron chi connectivity index (χ4n) is 6.37. The summed E-state index contributed by atoms with van der Waals surface area (Å²) in [5.41, 5.74) is 28.9. The second kappa shape index (κ2) is 17.3. The molecule has 51 heavy (non-hydrogen) atoms. The summed E-state index contributed by atoms with van der Waals surface area (Å²) in [5, 5.41) is 95.5. The molecule has 20 atom stereocenters. The van der Waals surface area contributed by atoms with Gasteiger partial charge in [0.05, 0.1) is 37.9 Å². The Balaban J connectivity index is 1.59. The number of hydrogen-bond donors (Lipinski definition) is 15. The molecule has 3 aliphatic heterocycles. The molecule has 20 N–H and O–H groups in total. The molecule has 4 fully saturated rings. The first kappa shape index (κ1) is 42.3. The maximum atomic E-state index is 14.0. The molecule has 0 aromatic rings. The number of nitrogens with one attached hydrogen (secondary N) is 1. The lowest BCUT2D eigenvalue weighted by atomic mass is 9.83. The van der Waals surface area contributed by atoms with Gasteiger partial charge in [-0.05, 0) is 6.42 Å². The van der Waals surface area contributed by atoms with Gasteiger partial charge < -0.3 is 108 Å². The highest BCUT2D eigenvalue weighted by Crippen LogP contribution is 2.35. The second-order valence-corrected chi connectivity index (χ2v) is 13.0. The third-order valence-corrected chi connectivity index (χ3v) is 9.52. The highest BCUT2D eigenvalue weighted by molar-refractivity contribution is 5.82. The predicted octanol–water partition coefficient (Wildman–Crippen LogP) is -9.75. The standard InChI is InChI=1S/C27H50F2N6O16/c28-27(29,5-31)22(44)23(45)35-7-1-6(32)19(49-25-12(34)17(42)15(40)9(3-36)47-25)21(13(7)38)51-26-18(43)20(10(4-37)48-26)50-24-11(33)16(41)14(39)8(2-30)46-24/h6-22,24-26,36-44H,1-5,30-34H2,(H,35,45)/t6-,7+,8-,9+,10+,11+,12+,13-,14+,15+,16+,17+,18+,19+,20+,21+,22+,24+,25+,26-/m0/s1. The van der Waals surface area contributed by atoms with E-state index in [2.05, 4.69) is 5.32 Å². The first-order chi connectivity index (χ1) is 23.9. The Kier molecular flexibility index (Phi) is 14.4. The van der Waals surface area contributed by atoms with E-state index in [4.69, 9.17) is 57.1 Å². The molecule has 298 valence electrons. The van der Waals surface area contributed by atoms with Crippen molar-refractivity contribution in [1.82, 2.24) is 5.32 Å². The molecule has 0 radical (unpaired) electrons. The van der Waals surface area contributed by atoms with Gasteiger partial charge in [0, 0.05) is 12.6 Å². The van der Waals surface area contributed by atoms with Crippen LogP contribution in [0.1, 0.15) is 6.42 Å². The quantitative estimate of drug-likeness (QED) is 0.0830. The van der Waals surface area contributed by atoms with Crippen molar-refractivity contribution in [3.05, 3.63) is 0 Å². The molecular weight excluding hydrogens is 702 g/mol. The van der Waals surface area contributed by atoms with Crippen molar-refractivity contribution < 1.29 is 88.0 Å². The van der Waals surface area contributed by atoms with E-state index in [9.17, 15) is 59.5 Å². The first-order valence-corrected chi connectivity index (χ1v) is 16.2. The summed E-state index contributed by atoms with van der Waals surface area (Å²) in [7, 11) is 0. The summed E-state index contributed by atoms with van der Waals surface area (Å²) in [6.45, 7) is -3.23. The number of carbonyl (C=O) groups is 1. The molecule has 22 nitrogen and oxygen atoms in total. The van der Waals surface area contributed by atoms with E-state index in [1.807, 2.05) is 0 Å². The van der Waals surface area contributed by atoms with Gasteiger partial charge in [0.25, 0.3) is 11.8 Å². The predicted molar refractivity (Wildman–Crippen MR) is 160 cm³/mol. The van der Waals surface area contributed by atoms with Crippen LogP contribution in [0.4, 0.5) is 8.78 Å². The number of aliphatic hydroxyl groups is 9. The lowest BCUT2D eigenvalue weighted by molar-refractivity contribution is -0.311. The Morgan fingerprint density at radius 1 is 0.725 bits per heavy atom. The summed E-state index contributed by atoms with van der Waals surface area (Å²) in [5.74, 6) is -5.67. The average molecular weight is 753 g/mol. The topological polar surface area (TPSA) is 397 Å². The Hall–Kier alpha value is -1.47. The first-order valence-electron chi connectivity index (χ1n) is 16.2. The van der Waals surface area contributed by atoms with Gasteiger partial charge in [0.15, 0.2) is 25.0 Å². The van der Waals surface area contributed by atoms with Crippen molar-refractivity contribution in [3.63, 3.8) is 0 Å². The molecule has 4 aliphatic rings. The van der Waals surface area contributed by atoms with Crippen molar-refractivity contribution >= 4 is 5.91 Å². The number of amides is 1. The van der Waals surface area contributed by atoms with Crippen LogP contribution in [0.25, 0.3) is 0 Å². The SMILES string of the molecule is NC[C@@H]1O[C@H](O[C@H]2[C@@H](O)[C@H](O[C@@H]3[C@@H](O)[C@H](NC(=O)[C@@H](O)C(F)(F)CN)C[C@H](N)[C@H]3O[C@H]3O[C@H](CO)[C@@H](O)[C@H](O)[C@H]3N)O[C@@H]2CO)[C@H](N)[C@@H](O)[C@@H]1O. The van der Waals surface area contributed by atoms with Gasteiger partial charge in [-0.15, -0.1) is 0 Å². The Morgan fingerprint density at radius 3 is 1.75 bits per heavy atom. The minimum absolute atomic E-state index is 0.257. The fourth-order valence-corrected chi connectivity index (χ4v) is 6.37. The largest absolute Gasteiger partial charge is 0.394 e. The van der Waals surface area contributed by atoms with Crippen LogP contribution in [0.15, 0.2) is 0 Å². The zero-order valence-electron chi connectivity index (χ0n) is 27.1. The van der Waals surface area contributed by atoms with E-state index in [1.54, 1.807) is 0 Å². The Morgan fingerprint density at radius 2 is 1.22 bits per heavy atom. The number of nitrogens with two attached hydrogens (primary N) is 5. The number of carbonyl (C=O) groups excluding carboxylic acids is 1. The van der Waals surface area contributed by atoms with Crippen molar-refractivity contribution in [2.24, 2.45) is 28.7 Å². The molecule has 0 bridgehead atoms. The van der Waals surface area contributed by atoms with Crippen LogP contribution < -0.4 is 34.0 Å². The molecule has 3 heterocycles. The minimum Gasteiger partial charge on any atom is -0.394 e. The van der Waals surface area contributed by atoms with Crippen molar-refractivity contribution in [3.8, 4) is 0 Å². The molecule has 0 aromatic carbocycles. The number of halogens is 2. The van der Waals surface area contributed by atoms with Crippen molar-refractivity contribution in [1.29, 1.82) is 0 Å². The number of hydrogen-bond acceptors (Lipinski definition) is 21. The van der Waals surface area contributed by atoms with Crippen LogP contribution in [0.2, 0.25) is 0 Å². The van der Waals surface area contributed by atoms with Gasteiger partial charge in [-0.25, -0.2) is 8.78 Å². The molecular formula is C27H50F2N6O16. The molecule has 0 unspecified atom stereocenters. The summed E-state index contributed by atoms with van der Waals surface area (Å²) < 4.78 is 62.3. The summed E-state index contributed by atoms with van der Waals surface area (Å²) in [6.07, 6.45) is -27.1. The zero-order valence-corrected chi connectivity index (χ0v) is 27.1. The van der Waals surface area contributed by atoms with Gasteiger partial charge >= 0.3 is 0 Å². The van der Waals surface area contributed by atoms with E-state index < -0.39 is 160 Å². The summed E-state index contributed by atoms with van der Waals surface area (Å²) in [6, 6.07) is -5.65. The van der Waals surface area contributed by atoms with Crippen LogP contribution in [0.3, 0.4) is 0 Å². The van der Waals surface area contributed by atoms with Gasteiger partial charge in [-0.2, -0.15) is 0 Å². The average Bonchev–Trinajstić information content (AvgIpc) is 3.40. The normalized spacial score (nSPS) is 47.3. The number of aliphatic hydroxyl groups excluding tert-OH is 9. The monoisotopic (exact) mass is 752 g/mol. The van der Waals surface area contributed by atoms with Crippen LogP contribution in [0.5, 0.6) is 0 Å². The highest BCUT2D eigenvalue weighted by Gasteiger charge is 2.55. The van der Waals surface area contributed by atoms with Gasteiger partial charge in [-0.1, -0.05) is 0 Å². The molecule has 3 saturated heterocycles. The van der Waals surface area contributed by atoms with Gasteiger partial charge in [0.1, 0.15) is 73.2 Å². The fraction of sp³-hybridized carbons (Fsp3) is 0.963. The lowest BCUT2D eigenvalue weighted by Crippen LogP contribution is -2.69. The van der Waals surface area contributed by atoms with E-state index in [0.29, 0.717) is 0 Å². The summed E-state index contributed by atoms with van der Waals surface area (Å²) in [4.78, 5) is 12.6. The highest BCUT2D eigenvalue weighted by atomic mass is 19.3. The lowest BCUT2D eigenvalue weighted by Gasteiger charge is -2.48. The third kappa shape index (κ3) is 8.76. The zero-order chi connectivity index (χ0) is 38.1. The molecule has 4 rings (SSSR count). The minimum atomic E-state index is -4.05.